The van der Waals surface area contributed by atoms with E-state index in [4.69, 9.17) is 14.9 Å². The zero-order valence-corrected chi connectivity index (χ0v) is 11.2. The SMILES string of the molecule is CCOC(=O)C(C)(N)CCSc1nc(C)co1. The van der Waals surface area contributed by atoms with E-state index in [0.29, 0.717) is 24.0 Å². The van der Waals surface area contributed by atoms with Crippen LogP contribution in [-0.2, 0) is 9.53 Å². The number of aromatic nitrogens is 1. The predicted molar refractivity (Wildman–Crippen MR) is 65.8 cm³/mol. The molecule has 17 heavy (non-hydrogen) atoms. The number of nitrogens with two attached hydrogens (primary N) is 1. The lowest BCUT2D eigenvalue weighted by atomic mass is 10.0. The molecule has 0 saturated carbocycles. The summed E-state index contributed by atoms with van der Waals surface area (Å²) < 4.78 is 10.1. The minimum atomic E-state index is -0.954. The van der Waals surface area contributed by atoms with Gasteiger partial charge in [-0.3, -0.25) is 4.79 Å². The second kappa shape index (κ2) is 6.07. The van der Waals surface area contributed by atoms with Crippen LogP contribution in [0.15, 0.2) is 15.9 Å². The maximum Gasteiger partial charge on any atom is 0.325 e. The van der Waals surface area contributed by atoms with Gasteiger partial charge in [0.15, 0.2) is 0 Å². The van der Waals surface area contributed by atoms with Crippen molar-refractivity contribution in [3.05, 3.63) is 12.0 Å². The molecule has 0 saturated heterocycles. The molecule has 2 N–H and O–H groups in total. The first-order valence-corrected chi connectivity index (χ1v) is 6.45. The van der Waals surface area contributed by atoms with Crippen LogP contribution in [0.4, 0.5) is 0 Å². The fourth-order valence-corrected chi connectivity index (χ4v) is 2.17. The smallest absolute Gasteiger partial charge is 0.325 e. The molecule has 0 fully saturated rings. The molecule has 0 spiro atoms. The van der Waals surface area contributed by atoms with Crippen LogP contribution >= 0.6 is 11.8 Å². The number of rotatable bonds is 6. The van der Waals surface area contributed by atoms with E-state index >= 15 is 0 Å². The van der Waals surface area contributed by atoms with Gasteiger partial charge in [-0.05, 0) is 27.2 Å². The van der Waals surface area contributed by atoms with Crippen LogP contribution in [0, 0.1) is 6.92 Å². The fourth-order valence-electron chi connectivity index (χ4n) is 1.15. The van der Waals surface area contributed by atoms with Crippen LogP contribution in [-0.4, -0.2) is 28.9 Å². The predicted octanol–water partition coefficient (Wildman–Crippen LogP) is 1.75. The molecule has 6 heteroatoms. The summed E-state index contributed by atoms with van der Waals surface area (Å²) in [6, 6.07) is 0. The van der Waals surface area contributed by atoms with Gasteiger partial charge in [0.1, 0.15) is 11.8 Å². The van der Waals surface area contributed by atoms with Gasteiger partial charge >= 0.3 is 5.97 Å². The van der Waals surface area contributed by atoms with E-state index in [9.17, 15) is 4.79 Å². The molecule has 0 bridgehead atoms. The molecule has 0 aliphatic carbocycles. The van der Waals surface area contributed by atoms with Crippen LogP contribution in [0.1, 0.15) is 26.0 Å². The normalized spacial score (nSPS) is 14.4. The van der Waals surface area contributed by atoms with E-state index in [0.717, 1.165) is 5.69 Å². The molecule has 1 rings (SSSR count). The Morgan fingerprint density at radius 3 is 2.94 bits per heavy atom. The highest BCUT2D eigenvalue weighted by Gasteiger charge is 2.29. The van der Waals surface area contributed by atoms with Gasteiger partial charge < -0.3 is 14.9 Å². The van der Waals surface area contributed by atoms with Crippen molar-refractivity contribution in [2.24, 2.45) is 5.73 Å². The summed E-state index contributed by atoms with van der Waals surface area (Å²) in [6.45, 7) is 5.64. The zero-order valence-electron chi connectivity index (χ0n) is 10.4. The van der Waals surface area contributed by atoms with Gasteiger partial charge in [-0.15, -0.1) is 0 Å². The number of oxazole rings is 1. The van der Waals surface area contributed by atoms with Gasteiger partial charge in [0.25, 0.3) is 5.22 Å². The first-order valence-electron chi connectivity index (χ1n) is 5.46. The molecule has 0 aliphatic heterocycles. The quantitative estimate of drug-likeness (QED) is 0.618. The summed E-state index contributed by atoms with van der Waals surface area (Å²) in [5, 5.41) is 0.599. The molecule has 0 aromatic carbocycles. The highest BCUT2D eigenvalue weighted by Crippen LogP contribution is 2.20. The van der Waals surface area contributed by atoms with Crippen LogP contribution < -0.4 is 5.73 Å². The average Bonchev–Trinajstić information content (AvgIpc) is 2.64. The Hall–Kier alpha value is -1.01. The summed E-state index contributed by atoms with van der Waals surface area (Å²) in [7, 11) is 0. The van der Waals surface area contributed by atoms with Crippen molar-refractivity contribution >= 4 is 17.7 Å². The first kappa shape index (κ1) is 14.1. The second-order valence-corrected chi connectivity index (χ2v) is 5.04. The summed E-state index contributed by atoms with van der Waals surface area (Å²) in [4.78, 5) is 15.7. The third-order valence-electron chi connectivity index (χ3n) is 2.19. The first-order chi connectivity index (χ1) is 7.95. The third-order valence-corrected chi connectivity index (χ3v) is 3.03. The van der Waals surface area contributed by atoms with E-state index in [1.165, 1.54) is 11.8 Å². The minimum Gasteiger partial charge on any atom is -0.465 e. The van der Waals surface area contributed by atoms with Crippen molar-refractivity contribution in [3.8, 4) is 0 Å². The zero-order chi connectivity index (χ0) is 12.9. The Morgan fingerprint density at radius 2 is 2.41 bits per heavy atom. The van der Waals surface area contributed by atoms with Crippen molar-refractivity contribution < 1.29 is 13.9 Å². The maximum absolute atomic E-state index is 11.5. The standard InChI is InChI=1S/C11H18N2O3S/c1-4-15-9(14)11(3,12)5-6-17-10-13-8(2)7-16-10/h7H,4-6,12H2,1-3H3. The monoisotopic (exact) mass is 258 g/mol. The number of carbonyl (C=O) groups excluding carboxylic acids is 1. The number of ether oxygens (including phenoxy) is 1. The molecular weight excluding hydrogens is 240 g/mol. The minimum absolute atomic E-state index is 0.345. The number of esters is 1. The largest absolute Gasteiger partial charge is 0.465 e. The lowest BCUT2D eigenvalue weighted by Gasteiger charge is -2.21. The summed E-state index contributed by atoms with van der Waals surface area (Å²) in [5.41, 5.74) is 5.76. The van der Waals surface area contributed by atoms with E-state index in [1.807, 2.05) is 6.92 Å². The fraction of sp³-hybridized carbons (Fsp3) is 0.636. The van der Waals surface area contributed by atoms with Crippen LogP contribution in [0.3, 0.4) is 0 Å². The maximum atomic E-state index is 11.5. The molecule has 1 atom stereocenters. The molecule has 1 aromatic heterocycles. The average molecular weight is 258 g/mol. The van der Waals surface area contributed by atoms with Gasteiger partial charge in [0, 0.05) is 5.75 Å². The molecular formula is C11H18N2O3S. The van der Waals surface area contributed by atoms with Gasteiger partial charge in [-0.1, -0.05) is 11.8 Å². The lowest BCUT2D eigenvalue weighted by molar-refractivity contribution is -0.149. The topological polar surface area (TPSA) is 78.4 Å². The van der Waals surface area contributed by atoms with Crippen molar-refractivity contribution in [2.45, 2.75) is 38.0 Å². The second-order valence-electron chi connectivity index (χ2n) is 3.99. The summed E-state index contributed by atoms with van der Waals surface area (Å²) >= 11 is 1.44. The molecule has 1 heterocycles. The van der Waals surface area contributed by atoms with E-state index in [-0.39, 0.29) is 5.97 Å². The van der Waals surface area contributed by atoms with Gasteiger partial charge in [-0.25, -0.2) is 4.98 Å². The van der Waals surface area contributed by atoms with E-state index in [2.05, 4.69) is 4.98 Å². The number of aryl methyl sites for hydroxylation is 1. The van der Waals surface area contributed by atoms with E-state index in [1.54, 1.807) is 20.1 Å². The molecule has 1 unspecified atom stereocenters. The lowest BCUT2D eigenvalue weighted by Crippen LogP contribution is -2.46. The number of hydrogen-bond acceptors (Lipinski definition) is 6. The van der Waals surface area contributed by atoms with Crippen molar-refractivity contribution in [1.29, 1.82) is 0 Å². The number of hydrogen-bond donors (Lipinski definition) is 1. The Morgan fingerprint density at radius 1 is 1.71 bits per heavy atom. The van der Waals surface area contributed by atoms with Crippen LogP contribution in [0.5, 0.6) is 0 Å². The Bertz CT molecular complexity index is 377. The Labute approximate surface area is 105 Å². The number of carbonyl (C=O) groups is 1. The highest BCUT2D eigenvalue weighted by molar-refractivity contribution is 7.99. The molecule has 96 valence electrons. The number of thioether (sulfide) groups is 1. The van der Waals surface area contributed by atoms with Gasteiger partial charge in [0.05, 0.1) is 12.3 Å². The highest BCUT2D eigenvalue weighted by atomic mass is 32.2. The number of nitrogens with zero attached hydrogens (tertiary/aromatic N) is 1. The molecule has 0 radical (unpaired) electrons. The molecule has 1 aromatic rings. The van der Waals surface area contributed by atoms with Crippen molar-refractivity contribution in [1.82, 2.24) is 4.98 Å². The van der Waals surface area contributed by atoms with Gasteiger partial charge in [-0.2, -0.15) is 0 Å². The van der Waals surface area contributed by atoms with Crippen molar-refractivity contribution in [2.75, 3.05) is 12.4 Å². The Kier molecular flexibility index (Phi) is 5.02. The summed E-state index contributed by atoms with van der Waals surface area (Å²) in [6.07, 6.45) is 2.10. The Balaban J connectivity index is 2.37. The van der Waals surface area contributed by atoms with E-state index < -0.39 is 5.54 Å². The molecule has 0 amide bonds. The summed E-state index contributed by atoms with van der Waals surface area (Å²) in [5.74, 6) is 0.287. The third kappa shape index (κ3) is 4.40. The van der Waals surface area contributed by atoms with Crippen LogP contribution in [0.25, 0.3) is 0 Å². The molecule has 5 nitrogen and oxygen atoms in total. The van der Waals surface area contributed by atoms with Crippen molar-refractivity contribution in [3.63, 3.8) is 0 Å². The molecule has 0 aliphatic rings. The van der Waals surface area contributed by atoms with Gasteiger partial charge in [0.2, 0.25) is 0 Å². The van der Waals surface area contributed by atoms with Crippen LogP contribution in [0.2, 0.25) is 0 Å².